The van der Waals surface area contributed by atoms with Crippen LogP contribution in [0.1, 0.15) is 6.92 Å². The molecular weight excluding hydrogens is 248 g/mol. The lowest BCUT2D eigenvalue weighted by Crippen LogP contribution is -2.48. The van der Waals surface area contributed by atoms with E-state index in [1.54, 1.807) is 13.0 Å². The number of anilines is 1. The van der Waals surface area contributed by atoms with Gasteiger partial charge in [0.25, 0.3) is 5.69 Å². The lowest BCUT2D eigenvalue weighted by molar-refractivity contribution is -0.385. The Bertz CT molecular complexity index is 427. The maximum atomic E-state index is 10.6. The molecule has 7 nitrogen and oxygen atoms in total. The van der Waals surface area contributed by atoms with Crippen LogP contribution in [-0.2, 0) is 0 Å². The number of nitro groups is 1. The molecule has 0 aliphatic carbocycles. The summed E-state index contributed by atoms with van der Waals surface area (Å²) in [6.07, 6.45) is 0.973. The Balaban J connectivity index is 1.92. The monoisotopic (exact) mass is 266 g/mol. The first-order valence-electron chi connectivity index (χ1n) is 6.32. The third-order valence-electron chi connectivity index (χ3n) is 3.16. The molecule has 0 spiro atoms. The van der Waals surface area contributed by atoms with E-state index >= 15 is 0 Å². The van der Waals surface area contributed by atoms with Crippen LogP contribution in [0.4, 0.5) is 11.5 Å². The molecule has 0 unspecified atom stereocenters. The molecule has 0 aromatic carbocycles. The SMILES string of the molecule is C[C@@H](O)CN1CCN(c2ccc([N+](=O)[O-])cn2)CC1. The maximum Gasteiger partial charge on any atom is 0.287 e. The molecule has 0 radical (unpaired) electrons. The van der Waals surface area contributed by atoms with Crippen molar-refractivity contribution in [2.75, 3.05) is 37.6 Å². The number of hydrogen-bond donors (Lipinski definition) is 1. The lowest BCUT2D eigenvalue weighted by Gasteiger charge is -2.35. The number of aliphatic hydroxyl groups excluding tert-OH is 1. The minimum Gasteiger partial charge on any atom is -0.392 e. The number of β-amino-alcohol motifs (C(OH)–C–C–N with tert-alkyl or cyclic N) is 1. The van der Waals surface area contributed by atoms with E-state index in [0.717, 1.165) is 32.0 Å². The molecule has 104 valence electrons. The molecule has 1 saturated heterocycles. The molecule has 1 aliphatic heterocycles. The van der Waals surface area contributed by atoms with Crippen molar-refractivity contribution in [3.8, 4) is 0 Å². The molecule has 0 amide bonds. The van der Waals surface area contributed by atoms with Crippen LogP contribution < -0.4 is 4.90 Å². The van der Waals surface area contributed by atoms with Gasteiger partial charge in [0, 0.05) is 38.8 Å². The number of aliphatic hydroxyl groups is 1. The number of pyridine rings is 1. The van der Waals surface area contributed by atoms with Gasteiger partial charge < -0.3 is 10.0 Å². The predicted octanol–water partition coefficient (Wildman–Crippen LogP) is 0.493. The van der Waals surface area contributed by atoms with Gasteiger partial charge in [-0.05, 0) is 13.0 Å². The number of rotatable bonds is 4. The van der Waals surface area contributed by atoms with Gasteiger partial charge in [-0.1, -0.05) is 0 Å². The third-order valence-corrected chi connectivity index (χ3v) is 3.16. The van der Waals surface area contributed by atoms with Gasteiger partial charge in [-0.15, -0.1) is 0 Å². The van der Waals surface area contributed by atoms with E-state index in [0.29, 0.717) is 6.54 Å². The minimum absolute atomic E-state index is 0.0106. The highest BCUT2D eigenvalue weighted by molar-refractivity contribution is 5.43. The molecular formula is C12H18N4O3. The summed E-state index contributed by atoms with van der Waals surface area (Å²) in [5.41, 5.74) is 0.0106. The van der Waals surface area contributed by atoms with Crippen LogP contribution in [0.2, 0.25) is 0 Å². The minimum atomic E-state index is -0.447. The summed E-state index contributed by atoms with van der Waals surface area (Å²) in [6, 6.07) is 3.16. The summed E-state index contributed by atoms with van der Waals surface area (Å²) in [5.74, 6) is 0.766. The Morgan fingerprint density at radius 3 is 2.58 bits per heavy atom. The average molecular weight is 266 g/mol. The molecule has 2 rings (SSSR count). The van der Waals surface area contributed by atoms with E-state index in [1.165, 1.54) is 12.3 Å². The highest BCUT2D eigenvalue weighted by atomic mass is 16.6. The molecule has 19 heavy (non-hydrogen) atoms. The Kier molecular flexibility index (Phi) is 4.28. The van der Waals surface area contributed by atoms with Gasteiger partial charge in [-0.2, -0.15) is 0 Å². The summed E-state index contributed by atoms with van der Waals surface area (Å²) >= 11 is 0. The number of piperazine rings is 1. The van der Waals surface area contributed by atoms with E-state index in [2.05, 4.69) is 14.8 Å². The van der Waals surface area contributed by atoms with Crippen molar-refractivity contribution in [2.24, 2.45) is 0 Å². The van der Waals surface area contributed by atoms with Gasteiger partial charge in [0.1, 0.15) is 12.0 Å². The Morgan fingerprint density at radius 2 is 2.11 bits per heavy atom. The maximum absolute atomic E-state index is 10.6. The molecule has 1 aromatic heterocycles. The van der Waals surface area contributed by atoms with E-state index in [9.17, 15) is 15.2 Å². The van der Waals surface area contributed by atoms with Crippen LogP contribution in [0, 0.1) is 10.1 Å². The summed E-state index contributed by atoms with van der Waals surface area (Å²) in [6.45, 7) is 5.83. The average Bonchev–Trinajstić information content (AvgIpc) is 2.39. The van der Waals surface area contributed by atoms with Gasteiger partial charge in [0.05, 0.1) is 11.0 Å². The second kappa shape index (κ2) is 5.94. The van der Waals surface area contributed by atoms with E-state index in [1.807, 2.05) is 0 Å². The van der Waals surface area contributed by atoms with Gasteiger partial charge >= 0.3 is 0 Å². The van der Waals surface area contributed by atoms with Gasteiger partial charge in [0.2, 0.25) is 0 Å². The van der Waals surface area contributed by atoms with E-state index < -0.39 is 4.92 Å². The molecule has 0 bridgehead atoms. The Morgan fingerprint density at radius 1 is 1.42 bits per heavy atom. The summed E-state index contributed by atoms with van der Waals surface area (Å²) in [7, 11) is 0. The van der Waals surface area contributed by atoms with Crippen LogP contribution in [0.5, 0.6) is 0 Å². The largest absolute Gasteiger partial charge is 0.392 e. The van der Waals surface area contributed by atoms with Crippen molar-refractivity contribution in [3.63, 3.8) is 0 Å². The fourth-order valence-electron chi connectivity index (χ4n) is 2.21. The molecule has 1 aliphatic rings. The van der Waals surface area contributed by atoms with Crippen molar-refractivity contribution in [1.82, 2.24) is 9.88 Å². The molecule has 1 atom stereocenters. The molecule has 1 N–H and O–H groups in total. The standard InChI is InChI=1S/C12H18N4O3/c1-10(17)9-14-4-6-15(7-5-14)12-3-2-11(8-13-12)16(18)19/h2-3,8,10,17H,4-7,9H2,1H3/t10-/m1/s1. The molecule has 7 heteroatoms. The smallest absolute Gasteiger partial charge is 0.287 e. The number of hydrogen-bond acceptors (Lipinski definition) is 6. The number of nitrogens with zero attached hydrogens (tertiary/aromatic N) is 4. The van der Waals surface area contributed by atoms with Crippen LogP contribution in [-0.4, -0.2) is 58.7 Å². The zero-order chi connectivity index (χ0) is 13.8. The van der Waals surface area contributed by atoms with Crippen LogP contribution in [0.3, 0.4) is 0 Å². The highest BCUT2D eigenvalue weighted by Gasteiger charge is 2.19. The zero-order valence-corrected chi connectivity index (χ0v) is 10.9. The van der Waals surface area contributed by atoms with Crippen molar-refractivity contribution in [3.05, 3.63) is 28.4 Å². The topological polar surface area (TPSA) is 82.7 Å². The van der Waals surface area contributed by atoms with Gasteiger partial charge in [0.15, 0.2) is 0 Å². The fraction of sp³-hybridized carbons (Fsp3) is 0.583. The number of aromatic nitrogens is 1. The first kappa shape index (κ1) is 13.7. The highest BCUT2D eigenvalue weighted by Crippen LogP contribution is 2.17. The van der Waals surface area contributed by atoms with E-state index in [-0.39, 0.29) is 11.8 Å². The molecule has 0 saturated carbocycles. The first-order chi connectivity index (χ1) is 9.06. The van der Waals surface area contributed by atoms with Crippen LogP contribution in [0.25, 0.3) is 0 Å². The third kappa shape index (κ3) is 3.62. The van der Waals surface area contributed by atoms with Crippen LogP contribution in [0.15, 0.2) is 18.3 Å². The summed E-state index contributed by atoms with van der Waals surface area (Å²) < 4.78 is 0. The normalized spacial score (nSPS) is 18.3. The predicted molar refractivity (Wildman–Crippen MR) is 71.2 cm³/mol. The fourth-order valence-corrected chi connectivity index (χ4v) is 2.21. The van der Waals surface area contributed by atoms with Crippen molar-refractivity contribution < 1.29 is 10.0 Å². The molecule has 1 fully saturated rings. The van der Waals surface area contributed by atoms with Crippen LogP contribution >= 0.6 is 0 Å². The summed E-state index contributed by atoms with van der Waals surface area (Å²) in [5, 5.41) is 19.9. The van der Waals surface area contributed by atoms with Crippen molar-refractivity contribution in [1.29, 1.82) is 0 Å². The first-order valence-corrected chi connectivity index (χ1v) is 6.32. The van der Waals surface area contributed by atoms with Crippen molar-refractivity contribution in [2.45, 2.75) is 13.0 Å². The summed E-state index contributed by atoms with van der Waals surface area (Å²) in [4.78, 5) is 18.5. The molecule has 1 aromatic rings. The Labute approximate surface area is 111 Å². The second-order valence-corrected chi connectivity index (χ2v) is 4.77. The lowest BCUT2D eigenvalue weighted by atomic mass is 10.2. The van der Waals surface area contributed by atoms with Gasteiger partial charge in [-0.25, -0.2) is 4.98 Å². The Hall–Kier alpha value is -1.73. The van der Waals surface area contributed by atoms with Gasteiger partial charge in [-0.3, -0.25) is 15.0 Å². The second-order valence-electron chi connectivity index (χ2n) is 4.77. The van der Waals surface area contributed by atoms with E-state index in [4.69, 9.17) is 0 Å². The van der Waals surface area contributed by atoms with Crippen molar-refractivity contribution >= 4 is 11.5 Å². The molecule has 2 heterocycles. The zero-order valence-electron chi connectivity index (χ0n) is 10.9. The quantitative estimate of drug-likeness (QED) is 0.631.